The van der Waals surface area contributed by atoms with Crippen molar-refractivity contribution in [1.82, 2.24) is 15.1 Å². The largest absolute Gasteiger partial charge is 0.394 e. The molecular weight excluding hydrogens is 285 g/mol. The van der Waals surface area contributed by atoms with Crippen LogP contribution in [0.2, 0.25) is 0 Å². The van der Waals surface area contributed by atoms with E-state index < -0.39 is 0 Å². The summed E-state index contributed by atoms with van der Waals surface area (Å²) in [5, 5.41) is 16.2. The first-order valence-electron chi connectivity index (χ1n) is 7.23. The molecule has 5 nitrogen and oxygen atoms in total. The van der Waals surface area contributed by atoms with Crippen LogP contribution >= 0.6 is 0 Å². The van der Waals surface area contributed by atoms with Gasteiger partial charge in [0.1, 0.15) is 5.82 Å². The minimum atomic E-state index is -0.333. The van der Waals surface area contributed by atoms with E-state index in [1.165, 1.54) is 16.8 Å². The number of halogens is 1. The second kappa shape index (κ2) is 7.17. The molecule has 0 bridgehead atoms. The molecule has 118 valence electrons. The molecule has 0 spiro atoms. The zero-order valence-corrected chi connectivity index (χ0v) is 12.7. The topological polar surface area (TPSA) is 67.2 Å². The first kappa shape index (κ1) is 16.2. The monoisotopic (exact) mass is 305 g/mol. The van der Waals surface area contributed by atoms with Crippen molar-refractivity contribution in [2.75, 3.05) is 6.61 Å². The standard InChI is InChI=1S/C16H20FN3O2/c1-11(2)9-13(10-21)18-16(22)15-7-8-20(19-15)14-5-3-12(17)4-6-14/h3-8,11,13,21H,9-10H2,1-2H3,(H,18,22). The van der Waals surface area contributed by atoms with Gasteiger partial charge >= 0.3 is 0 Å². The third-order valence-electron chi connectivity index (χ3n) is 3.22. The Kier molecular flexibility index (Phi) is 5.27. The number of amides is 1. The fraction of sp³-hybridized carbons (Fsp3) is 0.375. The molecule has 1 heterocycles. The Morgan fingerprint density at radius 3 is 2.59 bits per heavy atom. The Morgan fingerprint density at radius 1 is 1.32 bits per heavy atom. The molecule has 2 N–H and O–H groups in total. The molecule has 0 aliphatic rings. The summed E-state index contributed by atoms with van der Waals surface area (Å²) in [5.41, 5.74) is 0.924. The minimum Gasteiger partial charge on any atom is -0.394 e. The quantitative estimate of drug-likeness (QED) is 0.859. The summed E-state index contributed by atoms with van der Waals surface area (Å²) in [6.45, 7) is 3.94. The number of benzene rings is 1. The molecule has 2 rings (SSSR count). The number of carbonyl (C=O) groups excluding carboxylic acids is 1. The van der Waals surface area contributed by atoms with Gasteiger partial charge in [0.05, 0.1) is 18.3 Å². The van der Waals surface area contributed by atoms with Crippen LogP contribution in [0.1, 0.15) is 30.8 Å². The normalized spacial score (nSPS) is 12.4. The molecule has 0 aliphatic heterocycles. The SMILES string of the molecule is CC(C)CC(CO)NC(=O)c1ccn(-c2ccc(F)cc2)n1. The fourth-order valence-corrected chi connectivity index (χ4v) is 2.19. The zero-order chi connectivity index (χ0) is 16.1. The lowest BCUT2D eigenvalue weighted by atomic mass is 10.0. The van der Waals surface area contributed by atoms with Crippen LogP contribution in [0.3, 0.4) is 0 Å². The molecule has 22 heavy (non-hydrogen) atoms. The number of hydrogen-bond acceptors (Lipinski definition) is 3. The summed E-state index contributed by atoms with van der Waals surface area (Å²) in [6, 6.07) is 7.13. The van der Waals surface area contributed by atoms with E-state index in [4.69, 9.17) is 0 Å². The highest BCUT2D eigenvalue weighted by Gasteiger charge is 2.16. The molecule has 0 radical (unpaired) electrons. The van der Waals surface area contributed by atoms with Crippen molar-refractivity contribution < 1.29 is 14.3 Å². The van der Waals surface area contributed by atoms with Gasteiger partial charge in [0.25, 0.3) is 5.91 Å². The highest BCUT2D eigenvalue weighted by atomic mass is 19.1. The molecule has 2 aromatic rings. The van der Waals surface area contributed by atoms with Crippen molar-refractivity contribution in [3.63, 3.8) is 0 Å². The van der Waals surface area contributed by atoms with E-state index in [0.29, 0.717) is 18.0 Å². The highest BCUT2D eigenvalue weighted by Crippen LogP contribution is 2.10. The van der Waals surface area contributed by atoms with Crippen LogP contribution in [0.25, 0.3) is 5.69 Å². The van der Waals surface area contributed by atoms with E-state index in [0.717, 1.165) is 0 Å². The molecule has 0 aliphatic carbocycles. The van der Waals surface area contributed by atoms with Crippen LogP contribution in [0, 0.1) is 11.7 Å². The summed E-state index contributed by atoms with van der Waals surface area (Å²) < 4.78 is 14.4. The molecular formula is C16H20FN3O2. The average molecular weight is 305 g/mol. The summed E-state index contributed by atoms with van der Waals surface area (Å²) in [6.07, 6.45) is 2.33. The zero-order valence-electron chi connectivity index (χ0n) is 12.7. The van der Waals surface area contributed by atoms with Crippen molar-refractivity contribution in [2.24, 2.45) is 5.92 Å². The number of aliphatic hydroxyl groups excluding tert-OH is 1. The van der Waals surface area contributed by atoms with Gasteiger partial charge in [-0.2, -0.15) is 5.10 Å². The molecule has 1 atom stereocenters. The Balaban J connectivity index is 2.07. The van der Waals surface area contributed by atoms with Gasteiger partial charge in [0.2, 0.25) is 0 Å². The molecule has 0 saturated carbocycles. The molecule has 0 fully saturated rings. The van der Waals surface area contributed by atoms with Crippen molar-refractivity contribution in [3.05, 3.63) is 48.0 Å². The second-order valence-electron chi connectivity index (χ2n) is 5.60. The average Bonchev–Trinajstić information content (AvgIpc) is 2.96. The first-order valence-corrected chi connectivity index (χ1v) is 7.23. The van der Waals surface area contributed by atoms with Gasteiger partial charge in [-0.25, -0.2) is 9.07 Å². The Labute approximate surface area is 128 Å². The van der Waals surface area contributed by atoms with Crippen LogP contribution in [-0.4, -0.2) is 33.4 Å². The maximum absolute atomic E-state index is 12.9. The van der Waals surface area contributed by atoms with Gasteiger partial charge in [0, 0.05) is 6.20 Å². The van der Waals surface area contributed by atoms with Gasteiger partial charge < -0.3 is 10.4 Å². The van der Waals surface area contributed by atoms with Gasteiger partial charge in [-0.05, 0) is 42.7 Å². The van der Waals surface area contributed by atoms with E-state index >= 15 is 0 Å². The molecule has 6 heteroatoms. The Bertz CT molecular complexity index is 623. The van der Waals surface area contributed by atoms with Crippen LogP contribution in [0.5, 0.6) is 0 Å². The predicted octanol–water partition coefficient (Wildman–Crippen LogP) is 2.15. The summed E-state index contributed by atoms with van der Waals surface area (Å²) in [7, 11) is 0. The van der Waals surface area contributed by atoms with Crippen molar-refractivity contribution in [3.8, 4) is 5.69 Å². The predicted molar refractivity (Wildman–Crippen MR) is 81.3 cm³/mol. The van der Waals surface area contributed by atoms with Crippen LogP contribution in [0.15, 0.2) is 36.5 Å². The van der Waals surface area contributed by atoms with Crippen molar-refractivity contribution in [2.45, 2.75) is 26.3 Å². The van der Waals surface area contributed by atoms with Crippen LogP contribution < -0.4 is 5.32 Å². The van der Waals surface area contributed by atoms with E-state index in [1.807, 2.05) is 13.8 Å². The number of nitrogens with zero attached hydrogens (tertiary/aromatic N) is 2. The third kappa shape index (κ3) is 4.14. The maximum atomic E-state index is 12.9. The van der Waals surface area contributed by atoms with Crippen molar-refractivity contribution >= 4 is 5.91 Å². The van der Waals surface area contributed by atoms with Crippen LogP contribution in [0.4, 0.5) is 4.39 Å². The lowest BCUT2D eigenvalue weighted by molar-refractivity contribution is 0.0903. The lowest BCUT2D eigenvalue weighted by Gasteiger charge is -2.17. The molecule has 0 saturated heterocycles. The number of nitrogens with one attached hydrogen (secondary N) is 1. The number of hydrogen-bond donors (Lipinski definition) is 2. The maximum Gasteiger partial charge on any atom is 0.272 e. The van der Waals surface area contributed by atoms with Gasteiger partial charge in [0.15, 0.2) is 5.69 Å². The molecule has 1 aromatic carbocycles. The molecule has 1 unspecified atom stereocenters. The third-order valence-corrected chi connectivity index (χ3v) is 3.22. The minimum absolute atomic E-state index is 0.109. The van der Waals surface area contributed by atoms with E-state index in [9.17, 15) is 14.3 Å². The van der Waals surface area contributed by atoms with Gasteiger partial charge in [-0.15, -0.1) is 0 Å². The molecule has 1 aromatic heterocycles. The highest BCUT2D eigenvalue weighted by molar-refractivity contribution is 5.92. The van der Waals surface area contributed by atoms with Gasteiger partial charge in [-0.3, -0.25) is 4.79 Å². The Hall–Kier alpha value is -2.21. The molecule has 1 amide bonds. The van der Waals surface area contributed by atoms with E-state index in [1.54, 1.807) is 24.4 Å². The Morgan fingerprint density at radius 2 is 2.00 bits per heavy atom. The van der Waals surface area contributed by atoms with E-state index in [2.05, 4.69) is 10.4 Å². The number of rotatable bonds is 6. The van der Waals surface area contributed by atoms with Gasteiger partial charge in [-0.1, -0.05) is 13.8 Å². The number of aromatic nitrogens is 2. The summed E-state index contributed by atoms with van der Waals surface area (Å²) in [5.74, 6) is -0.289. The lowest BCUT2D eigenvalue weighted by Crippen LogP contribution is -2.38. The number of aliphatic hydroxyl groups is 1. The summed E-state index contributed by atoms with van der Waals surface area (Å²) >= 11 is 0. The fourth-order valence-electron chi connectivity index (χ4n) is 2.19. The smallest absolute Gasteiger partial charge is 0.272 e. The summed E-state index contributed by atoms with van der Waals surface area (Å²) in [4.78, 5) is 12.1. The van der Waals surface area contributed by atoms with Crippen LogP contribution in [-0.2, 0) is 0 Å². The van der Waals surface area contributed by atoms with Crippen molar-refractivity contribution in [1.29, 1.82) is 0 Å². The van der Waals surface area contributed by atoms with E-state index in [-0.39, 0.29) is 30.1 Å². The number of carbonyl (C=O) groups is 1. The first-order chi connectivity index (χ1) is 10.5. The second-order valence-corrected chi connectivity index (χ2v) is 5.60.